The molecule has 0 aliphatic rings. The summed E-state index contributed by atoms with van der Waals surface area (Å²) in [6, 6.07) is 5.72. The molecule has 0 aliphatic carbocycles. The van der Waals surface area contributed by atoms with Crippen LogP contribution in [-0.4, -0.2) is 25.8 Å². The third-order valence-corrected chi connectivity index (χ3v) is 2.76. The summed E-state index contributed by atoms with van der Waals surface area (Å²) in [6.45, 7) is 5.50. The van der Waals surface area contributed by atoms with E-state index in [0.717, 1.165) is 10.2 Å². The van der Waals surface area contributed by atoms with Crippen LogP contribution in [0.15, 0.2) is 22.7 Å². The van der Waals surface area contributed by atoms with Gasteiger partial charge in [0.1, 0.15) is 5.60 Å². The predicted molar refractivity (Wildman–Crippen MR) is 78.3 cm³/mol. The van der Waals surface area contributed by atoms with Crippen molar-refractivity contribution in [2.75, 3.05) is 24.3 Å². The van der Waals surface area contributed by atoms with E-state index in [1.807, 2.05) is 58.0 Å². The Labute approximate surface area is 116 Å². The van der Waals surface area contributed by atoms with Gasteiger partial charge in [-0.3, -0.25) is 5.32 Å². The maximum atomic E-state index is 11.8. The number of anilines is 2. The number of nitrogens with one attached hydrogen (secondary N) is 1. The molecule has 4 nitrogen and oxygen atoms in total. The number of nitrogens with zero attached hydrogens (tertiary/aromatic N) is 1. The fraction of sp³-hybridized carbons (Fsp3) is 0.462. The molecule has 1 N–H and O–H groups in total. The summed E-state index contributed by atoms with van der Waals surface area (Å²) in [5, 5.41) is 2.77. The number of para-hydroxylation sites is 1. The van der Waals surface area contributed by atoms with Gasteiger partial charge >= 0.3 is 6.09 Å². The van der Waals surface area contributed by atoms with E-state index in [9.17, 15) is 4.79 Å². The van der Waals surface area contributed by atoms with Crippen LogP contribution in [0, 0.1) is 0 Å². The molecule has 0 aromatic heterocycles. The lowest BCUT2D eigenvalue weighted by Crippen LogP contribution is -2.28. The van der Waals surface area contributed by atoms with Crippen molar-refractivity contribution in [1.82, 2.24) is 0 Å². The van der Waals surface area contributed by atoms with Crippen LogP contribution in [0.1, 0.15) is 20.8 Å². The molecule has 0 radical (unpaired) electrons. The van der Waals surface area contributed by atoms with Crippen molar-refractivity contribution < 1.29 is 9.53 Å². The summed E-state index contributed by atoms with van der Waals surface area (Å²) in [6.07, 6.45) is -0.461. The number of carbonyl (C=O) groups excluding carboxylic acids is 1. The predicted octanol–water partition coefficient (Wildman–Crippen LogP) is 3.86. The highest BCUT2D eigenvalue weighted by Crippen LogP contribution is 2.32. The first-order valence-corrected chi connectivity index (χ1v) is 6.46. The van der Waals surface area contributed by atoms with Gasteiger partial charge < -0.3 is 9.64 Å². The number of carbonyl (C=O) groups is 1. The normalized spacial score (nSPS) is 11.0. The Morgan fingerprint density at radius 3 is 2.44 bits per heavy atom. The van der Waals surface area contributed by atoms with Crippen LogP contribution < -0.4 is 10.2 Å². The lowest BCUT2D eigenvalue weighted by Gasteiger charge is -2.22. The molecule has 0 aliphatic heterocycles. The van der Waals surface area contributed by atoms with E-state index in [-0.39, 0.29) is 0 Å². The summed E-state index contributed by atoms with van der Waals surface area (Å²) in [5.41, 5.74) is 1.11. The number of halogens is 1. The van der Waals surface area contributed by atoms with Gasteiger partial charge in [-0.1, -0.05) is 6.07 Å². The molecule has 18 heavy (non-hydrogen) atoms. The Morgan fingerprint density at radius 1 is 1.33 bits per heavy atom. The molecule has 1 rings (SSSR count). The van der Waals surface area contributed by atoms with E-state index in [0.29, 0.717) is 5.69 Å². The number of ether oxygens (including phenoxy) is 1. The zero-order chi connectivity index (χ0) is 13.9. The standard InChI is InChI=1S/C13H19BrN2O2/c1-13(2,3)18-12(17)15-11-9(14)7-6-8-10(11)16(4)5/h6-8H,1-5H3,(H,15,17). The summed E-state index contributed by atoms with van der Waals surface area (Å²) in [4.78, 5) is 13.7. The monoisotopic (exact) mass is 314 g/mol. The summed E-state index contributed by atoms with van der Waals surface area (Å²) < 4.78 is 6.06. The van der Waals surface area contributed by atoms with Crippen molar-refractivity contribution in [2.24, 2.45) is 0 Å². The summed E-state index contributed by atoms with van der Waals surface area (Å²) >= 11 is 3.43. The van der Waals surface area contributed by atoms with Crippen LogP contribution in [-0.2, 0) is 4.74 Å². The number of benzene rings is 1. The second-order valence-corrected chi connectivity index (χ2v) is 6.01. The maximum absolute atomic E-state index is 11.8. The van der Waals surface area contributed by atoms with Gasteiger partial charge in [0.15, 0.2) is 0 Å². The van der Waals surface area contributed by atoms with Gasteiger partial charge in [-0.2, -0.15) is 0 Å². The molecule has 0 fully saturated rings. The molecule has 0 unspecified atom stereocenters. The molecular formula is C13H19BrN2O2. The van der Waals surface area contributed by atoms with Crippen LogP contribution in [0.3, 0.4) is 0 Å². The molecule has 100 valence electrons. The first-order chi connectivity index (χ1) is 8.20. The zero-order valence-corrected chi connectivity index (χ0v) is 13.0. The van der Waals surface area contributed by atoms with E-state index < -0.39 is 11.7 Å². The zero-order valence-electron chi connectivity index (χ0n) is 11.4. The fourth-order valence-corrected chi connectivity index (χ4v) is 1.87. The van der Waals surface area contributed by atoms with Gasteiger partial charge in [0, 0.05) is 18.6 Å². The highest BCUT2D eigenvalue weighted by molar-refractivity contribution is 9.10. The summed E-state index contributed by atoms with van der Waals surface area (Å²) in [5.74, 6) is 0. The maximum Gasteiger partial charge on any atom is 0.412 e. The molecule has 0 heterocycles. The highest BCUT2D eigenvalue weighted by Gasteiger charge is 2.18. The van der Waals surface area contributed by atoms with Crippen LogP contribution in [0.2, 0.25) is 0 Å². The topological polar surface area (TPSA) is 41.6 Å². The third-order valence-electron chi connectivity index (χ3n) is 2.10. The van der Waals surface area contributed by atoms with E-state index in [1.165, 1.54) is 0 Å². The molecule has 0 atom stereocenters. The lowest BCUT2D eigenvalue weighted by atomic mass is 10.2. The molecule has 5 heteroatoms. The Balaban J connectivity index is 2.93. The fourth-order valence-electron chi connectivity index (χ4n) is 1.41. The first-order valence-electron chi connectivity index (χ1n) is 5.66. The smallest absolute Gasteiger partial charge is 0.412 e. The van der Waals surface area contributed by atoms with Crippen molar-refractivity contribution in [3.63, 3.8) is 0 Å². The molecule has 0 bridgehead atoms. The van der Waals surface area contributed by atoms with Gasteiger partial charge in [0.05, 0.1) is 11.4 Å². The number of rotatable bonds is 2. The van der Waals surface area contributed by atoms with Gasteiger partial charge in [-0.05, 0) is 48.8 Å². The van der Waals surface area contributed by atoms with Gasteiger partial charge in [0.25, 0.3) is 0 Å². The van der Waals surface area contributed by atoms with E-state index in [1.54, 1.807) is 0 Å². The molecular weight excluding hydrogens is 296 g/mol. The van der Waals surface area contributed by atoms with Gasteiger partial charge in [-0.25, -0.2) is 4.79 Å². The van der Waals surface area contributed by atoms with Crippen molar-refractivity contribution in [3.8, 4) is 0 Å². The molecule has 1 aromatic carbocycles. The average molecular weight is 315 g/mol. The van der Waals surface area contributed by atoms with Crippen LogP contribution >= 0.6 is 15.9 Å². The Bertz CT molecular complexity index is 439. The molecule has 0 spiro atoms. The van der Waals surface area contributed by atoms with Crippen LogP contribution in [0.4, 0.5) is 16.2 Å². The first kappa shape index (κ1) is 14.8. The van der Waals surface area contributed by atoms with Gasteiger partial charge in [-0.15, -0.1) is 0 Å². The van der Waals surface area contributed by atoms with Crippen molar-refractivity contribution >= 4 is 33.4 Å². The molecule has 0 saturated carbocycles. The Morgan fingerprint density at radius 2 is 1.94 bits per heavy atom. The van der Waals surface area contributed by atoms with E-state index in [4.69, 9.17) is 4.74 Å². The average Bonchev–Trinajstić information content (AvgIpc) is 2.17. The minimum absolute atomic E-state index is 0.461. The van der Waals surface area contributed by atoms with Gasteiger partial charge in [0.2, 0.25) is 0 Å². The van der Waals surface area contributed by atoms with Crippen molar-refractivity contribution in [3.05, 3.63) is 22.7 Å². The molecule has 0 saturated heterocycles. The number of hydrogen-bond donors (Lipinski definition) is 1. The highest BCUT2D eigenvalue weighted by atomic mass is 79.9. The largest absolute Gasteiger partial charge is 0.444 e. The second-order valence-electron chi connectivity index (χ2n) is 5.16. The summed E-state index contributed by atoms with van der Waals surface area (Å²) in [7, 11) is 3.84. The van der Waals surface area contributed by atoms with E-state index >= 15 is 0 Å². The lowest BCUT2D eigenvalue weighted by molar-refractivity contribution is 0.0636. The molecule has 1 amide bonds. The number of amides is 1. The third kappa shape index (κ3) is 4.22. The Hall–Kier alpha value is -1.23. The van der Waals surface area contributed by atoms with Crippen molar-refractivity contribution in [1.29, 1.82) is 0 Å². The van der Waals surface area contributed by atoms with E-state index in [2.05, 4.69) is 21.2 Å². The van der Waals surface area contributed by atoms with Crippen LogP contribution in [0.25, 0.3) is 0 Å². The quantitative estimate of drug-likeness (QED) is 0.901. The minimum Gasteiger partial charge on any atom is -0.444 e. The second kappa shape index (κ2) is 5.61. The molecule has 1 aromatic rings. The SMILES string of the molecule is CN(C)c1cccc(Br)c1NC(=O)OC(C)(C)C. The Kier molecular flexibility index (Phi) is 4.62. The van der Waals surface area contributed by atoms with Crippen molar-refractivity contribution in [2.45, 2.75) is 26.4 Å². The number of hydrogen-bond acceptors (Lipinski definition) is 3. The van der Waals surface area contributed by atoms with Crippen LogP contribution in [0.5, 0.6) is 0 Å². The minimum atomic E-state index is -0.510.